The monoisotopic (exact) mass is 588 g/mol. The second-order valence-corrected chi connectivity index (χ2v) is 12.2. The fourth-order valence-electron chi connectivity index (χ4n) is 7.43. The quantitative estimate of drug-likeness (QED) is 0.208. The van der Waals surface area contributed by atoms with Gasteiger partial charge in [0.1, 0.15) is 17.3 Å². The van der Waals surface area contributed by atoms with Gasteiger partial charge in [0.15, 0.2) is 0 Å². The third-order valence-electron chi connectivity index (χ3n) is 9.64. The fraction of sp³-hybridized carbons (Fsp3) is 0.0233. The highest BCUT2D eigenvalue weighted by Gasteiger charge is 2.26. The van der Waals surface area contributed by atoms with E-state index in [0.29, 0.717) is 0 Å². The van der Waals surface area contributed by atoms with Crippen LogP contribution in [0.2, 0.25) is 0 Å². The standard InChI is InChI=1S/C43H28N2O/c1-2-10-31-30(9-1)25-38(34-12-4-3-11-33(31)34)37-16-8-15-36-35-14-7-13-32(42(35)46-43(36)37)28-20-18-27(19-21-28)29-22-23-39-40(26-29)45-24-6-5-17-41(45)44-39/h1-26,41,44H. The van der Waals surface area contributed by atoms with E-state index in [1.54, 1.807) is 0 Å². The van der Waals surface area contributed by atoms with Crippen LogP contribution in [0.1, 0.15) is 0 Å². The first-order valence-corrected chi connectivity index (χ1v) is 15.8. The van der Waals surface area contributed by atoms with Crippen LogP contribution in [-0.2, 0) is 0 Å². The topological polar surface area (TPSA) is 28.4 Å². The number of allylic oxidation sites excluding steroid dienone is 2. The number of hydrogen-bond acceptors (Lipinski definition) is 3. The van der Waals surface area contributed by atoms with E-state index >= 15 is 0 Å². The van der Waals surface area contributed by atoms with E-state index in [1.807, 2.05) is 0 Å². The molecule has 0 aliphatic carbocycles. The van der Waals surface area contributed by atoms with Crippen LogP contribution in [-0.4, -0.2) is 6.17 Å². The first kappa shape index (κ1) is 25.3. The Balaban J connectivity index is 1.09. The van der Waals surface area contributed by atoms with Gasteiger partial charge in [-0.25, -0.2) is 0 Å². The van der Waals surface area contributed by atoms with Gasteiger partial charge in [-0.2, -0.15) is 0 Å². The summed E-state index contributed by atoms with van der Waals surface area (Å²) in [4.78, 5) is 2.28. The van der Waals surface area contributed by atoms with Crippen LogP contribution in [0.15, 0.2) is 162 Å². The zero-order chi connectivity index (χ0) is 30.2. The highest BCUT2D eigenvalue weighted by atomic mass is 16.3. The van der Waals surface area contributed by atoms with Crippen LogP contribution >= 0.6 is 0 Å². The summed E-state index contributed by atoms with van der Waals surface area (Å²) in [7, 11) is 0. The van der Waals surface area contributed by atoms with Gasteiger partial charge in [0, 0.05) is 28.1 Å². The highest BCUT2D eigenvalue weighted by molar-refractivity contribution is 6.18. The van der Waals surface area contributed by atoms with Gasteiger partial charge in [-0.1, -0.05) is 121 Å². The van der Waals surface area contributed by atoms with Crippen molar-refractivity contribution in [3.63, 3.8) is 0 Å². The van der Waals surface area contributed by atoms with Gasteiger partial charge < -0.3 is 14.6 Å². The normalized spacial score (nSPS) is 15.1. The van der Waals surface area contributed by atoms with E-state index in [0.717, 1.165) is 44.3 Å². The molecule has 2 aliphatic rings. The van der Waals surface area contributed by atoms with Gasteiger partial charge in [0.2, 0.25) is 0 Å². The molecule has 1 aromatic heterocycles. The summed E-state index contributed by atoms with van der Waals surface area (Å²) in [5, 5.41) is 10.8. The van der Waals surface area contributed by atoms with E-state index in [4.69, 9.17) is 4.42 Å². The third-order valence-corrected chi connectivity index (χ3v) is 9.64. The molecule has 1 N–H and O–H groups in total. The molecule has 216 valence electrons. The number of nitrogens with one attached hydrogen (secondary N) is 1. The molecule has 0 bridgehead atoms. The summed E-state index contributed by atoms with van der Waals surface area (Å²) in [6.45, 7) is 0. The SMILES string of the molecule is C1=CC2Nc3ccc(-c4ccc(-c5cccc6c5oc5c(-c7cc8ccccc8c8ccccc78)cccc56)cc4)cc3N2C=C1. The maximum absolute atomic E-state index is 6.88. The van der Waals surface area contributed by atoms with Crippen molar-refractivity contribution in [1.82, 2.24) is 0 Å². The molecule has 0 spiro atoms. The van der Waals surface area contributed by atoms with Crippen molar-refractivity contribution in [1.29, 1.82) is 0 Å². The summed E-state index contributed by atoms with van der Waals surface area (Å²) in [6, 6.07) is 48.2. The Morgan fingerprint density at radius 1 is 0.500 bits per heavy atom. The molecule has 10 rings (SSSR count). The van der Waals surface area contributed by atoms with Crippen molar-refractivity contribution in [2.75, 3.05) is 10.2 Å². The molecule has 8 aromatic rings. The molecule has 0 radical (unpaired) electrons. The minimum atomic E-state index is 0.183. The molecule has 3 nitrogen and oxygen atoms in total. The largest absolute Gasteiger partial charge is 0.455 e. The molecule has 0 fully saturated rings. The van der Waals surface area contributed by atoms with Crippen molar-refractivity contribution >= 4 is 54.9 Å². The molecule has 3 heteroatoms. The van der Waals surface area contributed by atoms with Crippen LogP contribution in [0.3, 0.4) is 0 Å². The van der Waals surface area contributed by atoms with Gasteiger partial charge in [0.25, 0.3) is 0 Å². The Morgan fingerprint density at radius 3 is 2.02 bits per heavy atom. The zero-order valence-electron chi connectivity index (χ0n) is 24.9. The Kier molecular flexibility index (Phi) is 5.34. The average Bonchev–Trinajstić information content (AvgIpc) is 3.70. The predicted octanol–water partition coefficient (Wildman–Crippen LogP) is 11.5. The van der Waals surface area contributed by atoms with Crippen LogP contribution in [0.4, 0.5) is 11.4 Å². The van der Waals surface area contributed by atoms with E-state index in [9.17, 15) is 0 Å². The van der Waals surface area contributed by atoms with Crippen LogP contribution in [0.5, 0.6) is 0 Å². The van der Waals surface area contributed by atoms with Crippen molar-refractivity contribution in [2.24, 2.45) is 0 Å². The fourth-order valence-corrected chi connectivity index (χ4v) is 7.43. The van der Waals surface area contributed by atoms with Crippen LogP contribution < -0.4 is 10.2 Å². The number of benzene rings is 7. The molecule has 0 saturated carbocycles. The Labute approximate surface area is 266 Å². The van der Waals surface area contributed by atoms with E-state index < -0.39 is 0 Å². The van der Waals surface area contributed by atoms with Crippen LogP contribution in [0, 0.1) is 0 Å². The summed E-state index contributed by atoms with van der Waals surface area (Å²) < 4.78 is 6.88. The number of furan rings is 1. The van der Waals surface area contributed by atoms with Crippen molar-refractivity contribution < 1.29 is 4.42 Å². The van der Waals surface area contributed by atoms with Crippen LogP contribution in [0.25, 0.3) is 76.9 Å². The third kappa shape index (κ3) is 3.72. The average molecular weight is 589 g/mol. The Bertz CT molecular complexity index is 2570. The number of nitrogens with zero attached hydrogens (tertiary/aromatic N) is 1. The second kappa shape index (κ2) is 9.72. The number of anilines is 2. The van der Waals surface area contributed by atoms with Crippen molar-refractivity contribution in [3.05, 3.63) is 158 Å². The second-order valence-electron chi connectivity index (χ2n) is 12.2. The molecule has 1 unspecified atom stereocenters. The zero-order valence-corrected chi connectivity index (χ0v) is 24.9. The number of hydrogen-bond donors (Lipinski definition) is 1. The number of fused-ring (bicyclic) bond motifs is 9. The van der Waals surface area contributed by atoms with E-state index in [-0.39, 0.29) is 6.17 Å². The predicted molar refractivity (Wildman–Crippen MR) is 193 cm³/mol. The molecule has 0 amide bonds. The van der Waals surface area contributed by atoms with Gasteiger partial charge in [-0.05, 0) is 74.1 Å². The van der Waals surface area contributed by atoms with Gasteiger partial charge in [0.05, 0.1) is 11.4 Å². The highest BCUT2D eigenvalue weighted by Crippen LogP contribution is 2.44. The molecule has 2 aliphatic heterocycles. The lowest BCUT2D eigenvalue weighted by Crippen LogP contribution is -2.30. The molecule has 3 heterocycles. The molecular weight excluding hydrogens is 560 g/mol. The van der Waals surface area contributed by atoms with Crippen molar-refractivity contribution in [3.8, 4) is 33.4 Å². The molecule has 7 aromatic carbocycles. The van der Waals surface area contributed by atoms with Gasteiger partial charge in [-0.3, -0.25) is 0 Å². The number of para-hydroxylation sites is 2. The first-order valence-electron chi connectivity index (χ1n) is 15.8. The van der Waals surface area contributed by atoms with E-state index in [1.165, 1.54) is 43.9 Å². The summed E-state index contributed by atoms with van der Waals surface area (Å²) in [5.74, 6) is 0. The molecular formula is C43H28N2O. The minimum absolute atomic E-state index is 0.183. The Morgan fingerprint density at radius 2 is 1.17 bits per heavy atom. The lowest BCUT2D eigenvalue weighted by atomic mass is 9.92. The summed E-state index contributed by atoms with van der Waals surface area (Å²) >= 11 is 0. The maximum atomic E-state index is 6.88. The first-order chi connectivity index (χ1) is 22.8. The van der Waals surface area contributed by atoms with Crippen molar-refractivity contribution in [2.45, 2.75) is 6.17 Å². The maximum Gasteiger partial charge on any atom is 0.143 e. The molecule has 1 atom stereocenters. The number of rotatable bonds is 3. The lowest BCUT2D eigenvalue weighted by molar-refractivity contribution is 0.671. The Hall–Kier alpha value is -6.06. The van der Waals surface area contributed by atoms with E-state index in [2.05, 4.69) is 168 Å². The molecule has 46 heavy (non-hydrogen) atoms. The minimum Gasteiger partial charge on any atom is -0.455 e. The van der Waals surface area contributed by atoms with Gasteiger partial charge >= 0.3 is 0 Å². The summed E-state index contributed by atoms with van der Waals surface area (Å²) in [5.41, 5.74) is 11.1. The smallest absolute Gasteiger partial charge is 0.143 e. The lowest BCUT2D eigenvalue weighted by Gasteiger charge is -2.22. The van der Waals surface area contributed by atoms with Gasteiger partial charge in [-0.15, -0.1) is 0 Å². The molecule has 0 saturated heterocycles. The summed E-state index contributed by atoms with van der Waals surface area (Å²) in [6.07, 6.45) is 8.68.